The zero-order valence-electron chi connectivity index (χ0n) is 16.1. The van der Waals surface area contributed by atoms with Crippen molar-refractivity contribution in [3.63, 3.8) is 0 Å². The Morgan fingerprint density at radius 1 is 1.20 bits per heavy atom. The van der Waals surface area contributed by atoms with E-state index in [1.807, 2.05) is 0 Å². The molecule has 1 heterocycles. The fraction of sp³-hybridized carbons (Fsp3) is 0.238. The molecule has 30 heavy (non-hydrogen) atoms. The lowest BCUT2D eigenvalue weighted by Gasteiger charge is -2.34. The van der Waals surface area contributed by atoms with Crippen LogP contribution in [0.25, 0.3) is 0 Å². The van der Waals surface area contributed by atoms with Gasteiger partial charge in [-0.2, -0.15) is 0 Å². The summed E-state index contributed by atoms with van der Waals surface area (Å²) in [4.78, 5) is 17.5. The molecule has 0 saturated heterocycles. The van der Waals surface area contributed by atoms with Gasteiger partial charge >= 0.3 is 5.97 Å². The molecule has 2 N–H and O–H groups in total. The largest absolute Gasteiger partial charge is 0.481 e. The SMILES string of the molecule is Cc1c(F)cccc1C1(C(=O)O)CCc2nc(NS(=O)(=O)c3ccccc3)sc2C1. The summed E-state index contributed by atoms with van der Waals surface area (Å²) in [5.41, 5.74) is 0.163. The van der Waals surface area contributed by atoms with Crippen molar-refractivity contribution >= 4 is 32.5 Å². The Labute approximate surface area is 177 Å². The smallest absolute Gasteiger partial charge is 0.314 e. The van der Waals surface area contributed by atoms with Crippen molar-refractivity contribution in [3.05, 3.63) is 76.0 Å². The number of aliphatic carboxylic acids is 1. The van der Waals surface area contributed by atoms with Gasteiger partial charge in [0.1, 0.15) is 5.82 Å². The number of carbonyl (C=O) groups is 1. The third-order valence-corrected chi connectivity index (χ3v) is 7.99. The molecule has 9 heteroatoms. The summed E-state index contributed by atoms with van der Waals surface area (Å²) in [7, 11) is -3.79. The third-order valence-electron chi connectivity index (χ3n) is 5.50. The van der Waals surface area contributed by atoms with Crippen LogP contribution in [-0.4, -0.2) is 24.5 Å². The highest BCUT2D eigenvalue weighted by Gasteiger charge is 2.45. The molecule has 0 saturated carbocycles. The number of sulfonamides is 1. The van der Waals surface area contributed by atoms with Gasteiger partial charge in [-0.3, -0.25) is 9.52 Å². The zero-order chi connectivity index (χ0) is 21.5. The van der Waals surface area contributed by atoms with Crippen LogP contribution in [0.3, 0.4) is 0 Å². The number of carboxylic acids is 1. The first-order chi connectivity index (χ1) is 14.2. The van der Waals surface area contributed by atoms with Gasteiger partial charge in [0.25, 0.3) is 10.0 Å². The summed E-state index contributed by atoms with van der Waals surface area (Å²) < 4.78 is 41.8. The van der Waals surface area contributed by atoms with E-state index < -0.39 is 27.2 Å². The first-order valence-electron chi connectivity index (χ1n) is 9.28. The van der Waals surface area contributed by atoms with Gasteiger partial charge in [-0.15, -0.1) is 11.3 Å². The Hall–Kier alpha value is -2.78. The minimum atomic E-state index is -3.79. The topological polar surface area (TPSA) is 96.4 Å². The number of fused-ring (bicyclic) bond motifs is 1. The van der Waals surface area contributed by atoms with Crippen LogP contribution in [-0.2, 0) is 33.1 Å². The molecule has 156 valence electrons. The van der Waals surface area contributed by atoms with E-state index in [0.29, 0.717) is 28.1 Å². The van der Waals surface area contributed by atoms with E-state index in [9.17, 15) is 22.7 Å². The number of hydrogen-bond donors (Lipinski definition) is 2. The lowest BCUT2D eigenvalue weighted by Crippen LogP contribution is -2.41. The van der Waals surface area contributed by atoms with Crippen LogP contribution in [0, 0.1) is 12.7 Å². The summed E-state index contributed by atoms with van der Waals surface area (Å²) in [6.45, 7) is 1.58. The molecule has 0 fully saturated rings. The highest BCUT2D eigenvalue weighted by atomic mass is 32.2. The van der Waals surface area contributed by atoms with Crippen molar-refractivity contribution in [3.8, 4) is 0 Å². The molecule has 0 aliphatic heterocycles. The van der Waals surface area contributed by atoms with Gasteiger partial charge in [-0.05, 0) is 49.1 Å². The van der Waals surface area contributed by atoms with Crippen molar-refractivity contribution < 1.29 is 22.7 Å². The molecule has 1 aliphatic carbocycles. The van der Waals surface area contributed by atoms with Gasteiger partial charge in [-0.1, -0.05) is 30.3 Å². The molecule has 3 aromatic rings. The highest BCUT2D eigenvalue weighted by Crippen LogP contribution is 2.43. The molecule has 1 unspecified atom stereocenters. The number of rotatable bonds is 5. The Bertz CT molecular complexity index is 1230. The van der Waals surface area contributed by atoms with Crippen molar-refractivity contribution in [1.82, 2.24) is 4.98 Å². The van der Waals surface area contributed by atoms with Gasteiger partial charge in [0.05, 0.1) is 16.0 Å². The van der Waals surface area contributed by atoms with Crippen molar-refractivity contribution in [2.24, 2.45) is 0 Å². The maximum Gasteiger partial charge on any atom is 0.314 e. The number of aryl methyl sites for hydroxylation is 1. The second-order valence-corrected chi connectivity index (χ2v) is 10.0. The monoisotopic (exact) mass is 446 g/mol. The molecule has 1 atom stereocenters. The number of nitrogens with zero attached hydrogens (tertiary/aromatic N) is 1. The van der Waals surface area contributed by atoms with Crippen LogP contribution >= 0.6 is 11.3 Å². The van der Waals surface area contributed by atoms with Crippen molar-refractivity contribution in [2.75, 3.05) is 4.72 Å². The highest BCUT2D eigenvalue weighted by molar-refractivity contribution is 7.93. The van der Waals surface area contributed by atoms with Crippen molar-refractivity contribution in [2.45, 2.75) is 36.5 Å². The Kier molecular flexibility index (Phi) is 5.11. The summed E-state index contributed by atoms with van der Waals surface area (Å²) >= 11 is 1.12. The molecule has 1 aromatic heterocycles. The van der Waals surface area contributed by atoms with Gasteiger partial charge in [-0.25, -0.2) is 17.8 Å². The Morgan fingerprint density at radius 3 is 2.63 bits per heavy atom. The van der Waals surface area contributed by atoms with E-state index in [1.165, 1.54) is 24.3 Å². The first kappa shape index (κ1) is 20.5. The summed E-state index contributed by atoms with van der Waals surface area (Å²) in [6, 6.07) is 12.4. The van der Waals surface area contributed by atoms with Crippen LogP contribution in [0.2, 0.25) is 0 Å². The predicted octanol–water partition coefficient (Wildman–Crippen LogP) is 3.90. The van der Waals surface area contributed by atoms with Crippen LogP contribution in [0.4, 0.5) is 9.52 Å². The number of nitrogens with one attached hydrogen (secondary N) is 1. The van der Waals surface area contributed by atoms with Gasteiger partial charge in [0.2, 0.25) is 0 Å². The summed E-state index contributed by atoms with van der Waals surface area (Å²) in [5.74, 6) is -1.47. The minimum absolute atomic E-state index is 0.119. The molecular weight excluding hydrogens is 427 g/mol. The molecule has 6 nitrogen and oxygen atoms in total. The average molecular weight is 447 g/mol. The van der Waals surface area contributed by atoms with Crippen LogP contribution in [0.5, 0.6) is 0 Å². The second kappa shape index (κ2) is 7.48. The lowest BCUT2D eigenvalue weighted by molar-refractivity contribution is -0.144. The first-order valence-corrected chi connectivity index (χ1v) is 11.6. The quantitative estimate of drug-likeness (QED) is 0.620. The number of thiazole rings is 1. The van der Waals surface area contributed by atoms with Gasteiger partial charge in [0, 0.05) is 11.3 Å². The average Bonchev–Trinajstić information content (AvgIpc) is 3.10. The normalized spacial score (nSPS) is 18.6. The van der Waals surface area contributed by atoms with E-state index in [0.717, 1.165) is 11.3 Å². The lowest BCUT2D eigenvalue weighted by atomic mass is 9.69. The second-order valence-electron chi connectivity index (χ2n) is 7.28. The minimum Gasteiger partial charge on any atom is -0.481 e. The van der Waals surface area contributed by atoms with Crippen molar-refractivity contribution in [1.29, 1.82) is 0 Å². The summed E-state index contributed by atoms with van der Waals surface area (Å²) in [5, 5.41) is 10.3. The molecular formula is C21H19FN2O4S2. The number of carboxylic acid groups (broad SMARTS) is 1. The van der Waals surface area contributed by atoms with Crippen LogP contribution in [0.1, 0.15) is 28.1 Å². The molecule has 1 aliphatic rings. The predicted molar refractivity (Wildman–Crippen MR) is 112 cm³/mol. The summed E-state index contributed by atoms with van der Waals surface area (Å²) in [6.07, 6.45) is 0.752. The molecule has 4 rings (SSSR count). The standard InChI is InChI=1S/C21H19FN2O4S2/c1-13-15(8-5-9-16(13)22)21(19(25)26)11-10-17-18(12-21)29-20(23-17)24-30(27,28)14-6-3-2-4-7-14/h2-9H,10-12H2,1H3,(H,23,24)(H,25,26). The van der Waals surface area contributed by atoms with E-state index >= 15 is 0 Å². The zero-order valence-corrected chi connectivity index (χ0v) is 17.7. The van der Waals surface area contributed by atoms with Crippen LogP contribution in [0.15, 0.2) is 53.4 Å². The Balaban J connectivity index is 1.68. The number of benzene rings is 2. The molecule has 0 radical (unpaired) electrons. The van der Waals surface area contributed by atoms with Gasteiger partial charge in [0.15, 0.2) is 5.13 Å². The number of hydrogen-bond acceptors (Lipinski definition) is 5. The van der Waals surface area contributed by atoms with E-state index in [-0.39, 0.29) is 22.9 Å². The maximum absolute atomic E-state index is 14.1. The van der Waals surface area contributed by atoms with E-state index in [4.69, 9.17) is 0 Å². The fourth-order valence-electron chi connectivity index (χ4n) is 3.88. The maximum atomic E-state index is 14.1. The molecule has 0 amide bonds. The number of halogens is 1. The number of anilines is 1. The molecule has 0 bridgehead atoms. The molecule has 2 aromatic carbocycles. The van der Waals surface area contributed by atoms with Gasteiger partial charge < -0.3 is 5.11 Å². The third kappa shape index (κ3) is 3.48. The van der Waals surface area contributed by atoms with E-state index in [2.05, 4.69) is 9.71 Å². The van der Waals surface area contributed by atoms with E-state index in [1.54, 1.807) is 31.2 Å². The number of aromatic nitrogens is 1. The van der Waals surface area contributed by atoms with Crippen LogP contribution < -0.4 is 4.72 Å². The Morgan fingerprint density at radius 2 is 1.93 bits per heavy atom. The molecule has 0 spiro atoms. The fourth-order valence-corrected chi connectivity index (χ4v) is 6.26.